The van der Waals surface area contributed by atoms with E-state index in [1.165, 1.54) is 32.7 Å². The average molecular weight is 160 g/mol. The molecule has 0 bridgehead atoms. The smallest absolute Gasteiger partial charge is 0.0218 e. The molecular weight excluding hydrogens is 144 g/mol. The zero-order valence-corrected chi connectivity index (χ0v) is 7.65. The molecule has 1 saturated heterocycles. The van der Waals surface area contributed by atoms with Gasteiger partial charge < -0.3 is 4.90 Å². The van der Waals surface area contributed by atoms with E-state index in [-0.39, 0.29) is 0 Å². The Morgan fingerprint density at radius 2 is 1.80 bits per heavy atom. The second-order valence-corrected chi connectivity index (χ2v) is 3.43. The molecule has 0 aliphatic carbocycles. The van der Waals surface area contributed by atoms with Gasteiger partial charge >= 0.3 is 0 Å². The molecule has 0 aromatic rings. The van der Waals surface area contributed by atoms with Crippen molar-refractivity contribution in [3.63, 3.8) is 0 Å². The average Bonchev–Trinajstić information content (AvgIpc) is 2.05. The van der Waals surface area contributed by atoms with Crippen molar-refractivity contribution < 1.29 is 0 Å². The highest BCUT2D eigenvalue weighted by Crippen LogP contribution is 2.08. The van der Waals surface area contributed by atoms with Gasteiger partial charge in [-0.05, 0) is 12.8 Å². The molecule has 0 N–H and O–H groups in total. The molecule has 0 atom stereocenters. The van der Waals surface area contributed by atoms with Crippen molar-refractivity contribution in [2.75, 3.05) is 39.0 Å². The van der Waals surface area contributed by atoms with Crippen molar-refractivity contribution in [2.45, 2.75) is 6.92 Å². The van der Waals surface area contributed by atoms with Gasteiger partial charge in [-0.1, -0.05) is 18.9 Å². The van der Waals surface area contributed by atoms with E-state index < -0.39 is 0 Å². The van der Waals surface area contributed by atoms with Crippen LogP contribution < -0.4 is 0 Å². The van der Waals surface area contributed by atoms with E-state index in [1.807, 2.05) is 11.9 Å². The third kappa shape index (κ3) is 2.15. The van der Waals surface area contributed by atoms with Crippen molar-refractivity contribution in [1.29, 1.82) is 0 Å². The molecule has 3 heteroatoms. The molecular formula is C7H16N2S. The lowest BCUT2D eigenvalue weighted by Gasteiger charge is -2.32. The number of hydrogen-bond donors (Lipinski definition) is 0. The summed E-state index contributed by atoms with van der Waals surface area (Å²) >= 11 is 1.86. The summed E-state index contributed by atoms with van der Waals surface area (Å²) in [5, 5.41) is 0. The third-order valence-electron chi connectivity index (χ3n) is 2.04. The van der Waals surface area contributed by atoms with Crippen molar-refractivity contribution in [3.8, 4) is 0 Å². The molecule has 0 saturated carbocycles. The molecule has 0 spiro atoms. The van der Waals surface area contributed by atoms with Crippen LogP contribution in [0.25, 0.3) is 0 Å². The Bertz CT molecular complexity index is 77.6. The predicted octanol–water partition coefficient (Wildman–Crippen LogP) is 0.902. The SMILES string of the molecule is CCN1CCN(SC)CC1. The second-order valence-electron chi connectivity index (χ2n) is 2.55. The number of hydrogen-bond acceptors (Lipinski definition) is 3. The van der Waals surface area contributed by atoms with Crippen LogP contribution in [-0.2, 0) is 0 Å². The van der Waals surface area contributed by atoms with Gasteiger partial charge in [0.15, 0.2) is 0 Å². The van der Waals surface area contributed by atoms with Gasteiger partial charge in [0, 0.05) is 26.2 Å². The van der Waals surface area contributed by atoms with Gasteiger partial charge in [0.1, 0.15) is 0 Å². The fourth-order valence-electron chi connectivity index (χ4n) is 1.23. The van der Waals surface area contributed by atoms with Crippen LogP contribution >= 0.6 is 11.9 Å². The normalized spacial score (nSPS) is 23.4. The van der Waals surface area contributed by atoms with Crippen LogP contribution in [0.2, 0.25) is 0 Å². The van der Waals surface area contributed by atoms with E-state index in [4.69, 9.17) is 0 Å². The van der Waals surface area contributed by atoms with Crippen LogP contribution in [0.4, 0.5) is 0 Å². The molecule has 60 valence electrons. The largest absolute Gasteiger partial charge is 0.301 e. The maximum absolute atomic E-state index is 2.49. The molecule has 0 aromatic heterocycles. The van der Waals surface area contributed by atoms with Crippen LogP contribution in [0.15, 0.2) is 0 Å². The summed E-state index contributed by atoms with van der Waals surface area (Å²) in [5.74, 6) is 0. The first-order chi connectivity index (χ1) is 4.86. The van der Waals surface area contributed by atoms with E-state index in [2.05, 4.69) is 22.4 Å². The summed E-state index contributed by atoms with van der Waals surface area (Å²) in [7, 11) is 0. The molecule has 1 fully saturated rings. The highest BCUT2D eigenvalue weighted by atomic mass is 32.2. The molecule has 1 rings (SSSR count). The Morgan fingerprint density at radius 1 is 1.20 bits per heavy atom. The maximum atomic E-state index is 2.49. The van der Waals surface area contributed by atoms with Crippen LogP contribution in [0, 0.1) is 0 Å². The quantitative estimate of drug-likeness (QED) is 0.554. The number of likely N-dealkylation sites (N-methyl/N-ethyl adjacent to an activating group) is 1. The Labute approximate surface area is 67.7 Å². The number of rotatable bonds is 2. The summed E-state index contributed by atoms with van der Waals surface area (Å²) in [6, 6.07) is 0. The first kappa shape index (κ1) is 8.37. The topological polar surface area (TPSA) is 6.48 Å². The molecule has 1 heterocycles. The molecule has 0 radical (unpaired) electrons. The van der Waals surface area contributed by atoms with Gasteiger partial charge in [-0.2, -0.15) is 0 Å². The molecule has 0 unspecified atom stereocenters. The van der Waals surface area contributed by atoms with Gasteiger partial charge in [-0.25, -0.2) is 4.31 Å². The van der Waals surface area contributed by atoms with E-state index >= 15 is 0 Å². The highest BCUT2D eigenvalue weighted by molar-refractivity contribution is 7.96. The Hall–Kier alpha value is 0.270. The summed E-state index contributed by atoms with van der Waals surface area (Å²) in [6.45, 7) is 8.40. The summed E-state index contributed by atoms with van der Waals surface area (Å²) in [4.78, 5) is 2.49. The molecule has 1 aliphatic heterocycles. The van der Waals surface area contributed by atoms with Gasteiger partial charge in [0.2, 0.25) is 0 Å². The fourth-order valence-corrected chi connectivity index (χ4v) is 1.76. The lowest BCUT2D eigenvalue weighted by Crippen LogP contribution is -2.42. The lowest BCUT2D eigenvalue weighted by atomic mass is 10.4. The summed E-state index contributed by atoms with van der Waals surface area (Å²) < 4.78 is 2.42. The van der Waals surface area contributed by atoms with Crippen molar-refractivity contribution in [1.82, 2.24) is 9.21 Å². The highest BCUT2D eigenvalue weighted by Gasteiger charge is 2.13. The zero-order valence-electron chi connectivity index (χ0n) is 6.84. The maximum Gasteiger partial charge on any atom is 0.0218 e. The number of piperazine rings is 1. The van der Waals surface area contributed by atoms with Gasteiger partial charge in [0.05, 0.1) is 0 Å². The minimum Gasteiger partial charge on any atom is -0.301 e. The van der Waals surface area contributed by atoms with Crippen molar-refractivity contribution in [3.05, 3.63) is 0 Å². The van der Waals surface area contributed by atoms with E-state index in [0.29, 0.717) is 0 Å². The molecule has 0 amide bonds. The Morgan fingerprint density at radius 3 is 2.20 bits per heavy atom. The molecule has 10 heavy (non-hydrogen) atoms. The van der Waals surface area contributed by atoms with Crippen LogP contribution in [0.1, 0.15) is 6.92 Å². The summed E-state index contributed by atoms with van der Waals surface area (Å²) in [6.07, 6.45) is 2.15. The monoisotopic (exact) mass is 160 g/mol. The first-order valence-electron chi connectivity index (χ1n) is 3.88. The molecule has 0 aromatic carbocycles. The van der Waals surface area contributed by atoms with Crippen LogP contribution in [0.3, 0.4) is 0 Å². The van der Waals surface area contributed by atoms with Crippen molar-refractivity contribution >= 4 is 11.9 Å². The fraction of sp³-hybridized carbons (Fsp3) is 1.00. The van der Waals surface area contributed by atoms with E-state index in [9.17, 15) is 0 Å². The zero-order chi connectivity index (χ0) is 7.40. The van der Waals surface area contributed by atoms with Crippen LogP contribution in [-0.4, -0.2) is 48.2 Å². The lowest BCUT2D eigenvalue weighted by molar-refractivity contribution is 0.205. The van der Waals surface area contributed by atoms with E-state index in [0.717, 1.165) is 0 Å². The van der Waals surface area contributed by atoms with Gasteiger partial charge in [0.25, 0.3) is 0 Å². The second kappa shape index (κ2) is 4.21. The summed E-state index contributed by atoms with van der Waals surface area (Å²) in [5.41, 5.74) is 0. The van der Waals surface area contributed by atoms with Crippen LogP contribution in [0.5, 0.6) is 0 Å². The minimum atomic E-state index is 1.21. The van der Waals surface area contributed by atoms with E-state index in [1.54, 1.807) is 0 Å². The third-order valence-corrected chi connectivity index (χ3v) is 2.92. The molecule has 2 nitrogen and oxygen atoms in total. The Balaban J connectivity index is 2.17. The predicted molar refractivity (Wildman–Crippen MR) is 47.2 cm³/mol. The van der Waals surface area contributed by atoms with Gasteiger partial charge in [-0.15, -0.1) is 0 Å². The first-order valence-corrected chi connectivity index (χ1v) is 5.06. The standard InChI is InChI=1S/C7H16N2S/c1-3-8-4-6-9(10-2)7-5-8/h3-7H2,1-2H3. The number of nitrogens with zero attached hydrogens (tertiary/aromatic N) is 2. The molecule has 1 aliphatic rings. The van der Waals surface area contributed by atoms with Gasteiger partial charge in [-0.3, -0.25) is 0 Å². The minimum absolute atomic E-state index is 1.21. The Kier molecular flexibility index (Phi) is 3.52. The van der Waals surface area contributed by atoms with Crippen molar-refractivity contribution in [2.24, 2.45) is 0 Å².